The molecule has 0 bridgehead atoms. The molecule has 0 amide bonds. The van der Waals surface area contributed by atoms with Crippen LogP contribution in [0.25, 0.3) is 0 Å². The molecule has 2 unspecified atom stereocenters. The minimum Gasteiger partial charge on any atom is -0.480 e. The van der Waals surface area contributed by atoms with Crippen LogP contribution in [0.5, 0.6) is 0 Å². The van der Waals surface area contributed by atoms with Gasteiger partial charge in [-0.15, -0.1) is 0 Å². The Kier molecular flexibility index (Phi) is 5.28. The van der Waals surface area contributed by atoms with E-state index in [-0.39, 0.29) is 17.8 Å². The molecule has 0 saturated heterocycles. The summed E-state index contributed by atoms with van der Waals surface area (Å²) in [7, 11) is 0. The third-order valence-electron chi connectivity index (χ3n) is 2.79. The Labute approximate surface area is 115 Å². The van der Waals surface area contributed by atoms with Crippen molar-refractivity contribution in [1.82, 2.24) is 5.32 Å². The zero-order chi connectivity index (χ0) is 13.9. The molecule has 0 aromatic heterocycles. The predicted molar refractivity (Wildman–Crippen MR) is 71.9 cm³/mol. The lowest BCUT2D eigenvalue weighted by Gasteiger charge is -2.23. The number of aliphatic carboxylic acids is 1. The summed E-state index contributed by atoms with van der Waals surface area (Å²) in [6, 6.07) is 3.57. The Morgan fingerprint density at radius 3 is 2.50 bits per heavy atom. The molecule has 2 atom stereocenters. The molecule has 100 valence electrons. The quantitative estimate of drug-likeness (QED) is 0.875. The van der Waals surface area contributed by atoms with Crippen molar-refractivity contribution in [3.8, 4) is 0 Å². The molecule has 0 aliphatic carbocycles. The van der Waals surface area contributed by atoms with E-state index in [9.17, 15) is 9.18 Å². The summed E-state index contributed by atoms with van der Waals surface area (Å²) in [6.07, 6.45) is 0. The summed E-state index contributed by atoms with van der Waals surface area (Å²) in [4.78, 5) is 11.1. The second-order valence-electron chi connectivity index (χ2n) is 4.61. The summed E-state index contributed by atoms with van der Waals surface area (Å²) < 4.78 is 14.4. The van der Waals surface area contributed by atoms with Crippen LogP contribution in [0, 0.1) is 11.7 Å². The van der Waals surface area contributed by atoms with Crippen LogP contribution in [0.4, 0.5) is 4.39 Å². The van der Waals surface area contributed by atoms with E-state index in [2.05, 4.69) is 21.2 Å². The van der Waals surface area contributed by atoms with Crippen LogP contribution in [-0.2, 0) is 4.79 Å². The van der Waals surface area contributed by atoms with E-state index >= 15 is 0 Å². The van der Waals surface area contributed by atoms with Crippen LogP contribution in [-0.4, -0.2) is 17.1 Å². The highest BCUT2D eigenvalue weighted by Crippen LogP contribution is 2.22. The Bertz CT molecular complexity index is 437. The fraction of sp³-hybridized carbons (Fsp3) is 0.462. The molecule has 0 spiro atoms. The number of carboxylic acids is 1. The smallest absolute Gasteiger partial charge is 0.320 e. The van der Waals surface area contributed by atoms with Gasteiger partial charge in [0, 0.05) is 16.1 Å². The summed E-state index contributed by atoms with van der Waals surface area (Å²) in [5.41, 5.74) is 0.455. The lowest BCUT2D eigenvalue weighted by Crippen LogP contribution is -2.42. The van der Waals surface area contributed by atoms with Gasteiger partial charge >= 0.3 is 5.97 Å². The number of hydrogen-bond acceptors (Lipinski definition) is 2. The third kappa shape index (κ3) is 3.78. The molecule has 2 N–H and O–H groups in total. The van der Waals surface area contributed by atoms with Crippen molar-refractivity contribution in [3.05, 3.63) is 34.1 Å². The topological polar surface area (TPSA) is 49.3 Å². The van der Waals surface area contributed by atoms with Crippen molar-refractivity contribution in [2.45, 2.75) is 32.9 Å². The minimum absolute atomic E-state index is 0.0693. The maximum atomic E-state index is 13.7. The molecule has 5 heteroatoms. The van der Waals surface area contributed by atoms with E-state index in [0.29, 0.717) is 5.56 Å². The van der Waals surface area contributed by atoms with Gasteiger partial charge < -0.3 is 5.11 Å². The Balaban J connectivity index is 2.90. The molecule has 0 fully saturated rings. The predicted octanol–water partition coefficient (Wildman–Crippen LogP) is 3.35. The van der Waals surface area contributed by atoms with Crippen LogP contribution < -0.4 is 5.32 Å². The first-order valence-corrected chi connectivity index (χ1v) is 6.56. The van der Waals surface area contributed by atoms with Crippen LogP contribution >= 0.6 is 15.9 Å². The van der Waals surface area contributed by atoms with Crippen molar-refractivity contribution < 1.29 is 14.3 Å². The molecule has 18 heavy (non-hydrogen) atoms. The van der Waals surface area contributed by atoms with Gasteiger partial charge in [0.1, 0.15) is 11.9 Å². The highest BCUT2D eigenvalue weighted by Gasteiger charge is 2.24. The van der Waals surface area contributed by atoms with Gasteiger partial charge in [0.15, 0.2) is 0 Å². The second-order valence-corrected chi connectivity index (χ2v) is 5.53. The van der Waals surface area contributed by atoms with E-state index in [1.54, 1.807) is 19.1 Å². The largest absolute Gasteiger partial charge is 0.480 e. The summed E-state index contributed by atoms with van der Waals surface area (Å²) >= 11 is 3.28. The number of rotatable bonds is 5. The zero-order valence-electron chi connectivity index (χ0n) is 10.6. The maximum absolute atomic E-state index is 13.7. The molecular weight excluding hydrogens is 301 g/mol. The third-order valence-corrected chi connectivity index (χ3v) is 3.28. The van der Waals surface area contributed by atoms with E-state index in [4.69, 9.17) is 5.11 Å². The number of hydrogen-bond donors (Lipinski definition) is 2. The van der Waals surface area contributed by atoms with Crippen LogP contribution in [0.15, 0.2) is 22.7 Å². The normalized spacial score (nSPS) is 14.6. The molecule has 0 aliphatic heterocycles. The molecule has 0 aliphatic rings. The molecule has 1 aromatic carbocycles. The standard InChI is InChI=1S/C13H17BrFNO2/c1-7(2)12(13(17)18)16-8(3)10-6-9(14)4-5-11(10)15/h4-8,12,16H,1-3H3,(H,17,18). The van der Waals surface area contributed by atoms with Gasteiger partial charge in [-0.05, 0) is 31.0 Å². The summed E-state index contributed by atoms with van der Waals surface area (Å²) in [5, 5.41) is 12.0. The van der Waals surface area contributed by atoms with E-state index in [1.165, 1.54) is 6.07 Å². The van der Waals surface area contributed by atoms with E-state index < -0.39 is 12.0 Å². The molecule has 3 nitrogen and oxygen atoms in total. The van der Waals surface area contributed by atoms with Crippen LogP contribution in [0.3, 0.4) is 0 Å². The van der Waals surface area contributed by atoms with Crippen molar-refractivity contribution in [2.24, 2.45) is 5.92 Å². The number of carboxylic acid groups (broad SMARTS) is 1. The van der Waals surface area contributed by atoms with E-state index in [0.717, 1.165) is 4.47 Å². The van der Waals surface area contributed by atoms with Crippen molar-refractivity contribution in [1.29, 1.82) is 0 Å². The molecule has 0 heterocycles. The number of benzene rings is 1. The first-order valence-electron chi connectivity index (χ1n) is 5.76. The fourth-order valence-electron chi connectivity index (χ4n) is 1.75. The van der Waals surface area contributed by atoms with Gasteiger partial charge in [0.05, 0.1) is 0 Å². The summed E-state index contributed by atoms with van der Waals surface area (Å²) in [6.45, 7) is 5.38. The van der Waals surface area contributed by atoms with Gasteiger partial charge in [-0.3, -0.25) is 10.1 Å². The Morgan fingerprint density at radius 1 is 1.39 bits per heavy atom. The first kappa shape index (κ1) is 15.1. The Morgan fingerprint density at radius 2 is 2.00 bits per heavy atom. The van der Waals surface area contributed by atoms with Gasteiger partial charge in [0.2, 0.25) is 0 Å². The molecule has 1 rings (SSSR count). The number of nitrogens with one attached hydrogen (secondary N) is 1. The highest BCUT2D eigenvalue weighted by molar-refractivity contribution is 9.10. The first-order chi connectivity index (χ1) is 8.32. The van der Waals surface area contributed by atoms with Crippen LogP contribution in [0.1, 0.15) is 32.4 Å². The monoisotopic (exact) mass is 317 g/mol. The molecule has 1 aromatic rings. The second kappa shape index (κ2) is 6.29. The van der Waals surface area contributed by atoms with Crippen molar-refractivity contribution in [2.75, 3.05) is 0 Å². The lowest BCUT2D eigenvalue weighted by molar-refractivity contribution is -0.140. The minimum atomic E-state index is -0.924. The average molecular weight is 318 g/mol. The van der Waals surface area contributed by atoms with E-state index in [1.807, 2.05) is 13.8 Å². The SMILES string of the molecule is CC(NC(C(=O)O)C(C)C)c1cc(Br)ccc1F. The van der Waals surface area contributed by atoms with Gasteiger partial charge in [0.25, 0.3) is 0 Å². The molecule has 0 radical (unpaired) electrons. The average Bonchev–Trinajstić information content (AvgIpc) is 2.28. The maximum Gasteiger partial charge on any atom is 0.320 e. The lowest BCUT2D eigenvalue weighted by atomic mass is 10.0. The molecular formula is C13H17BrFNO2. The van der Waals surface area contributed by atoms with Crippen molar-refractivity contribution in [3.63, 3.8) is 0 Å². The van der Waals surface area contributed by atoms with Crippen LogP contribution in [0.2, 0.25) is 0 Å². The van der Waals surface area contributed by atoms with Gasteiger partial charge in [-0.2, -0.15) is 0 Å². The fourth-order valence-corrected chi connectivity index (χ4v) is 2.13. The zero-order valence-corrected chi connectivity index (χ0v) is 12.2. The molecule has 0 saturated carbocycles. The Hall–Kier alpha value is -0.940. The highest BCUT2D eigenvalue weighted by atomic mass is 79.9. The van der Waals surface area contributed by atoms with Crippen molar-refractivity contribution >= 4 is 21.9 Å². The van der Waals surface area contributed by atoms with Gasteiger partial charge in [-0.1, -0.05) is 29.8 Å². The number of carbonyl (C=O) groups is 1. The summed E-state index contributed by atoms with van der Waals surface area (Å²) in [5.74, 6) is -1.33. The number of halogens is 2. The van der Waals surface area contributed by atoms with Gasteiger partial charge in [-0.25, -0.2) is 4.39 Å².